The van der Waals surface area contributed by atoms with Crippen LogP contribution in [0.2, 0.25) is 0 Å². The van der Waals surface area contributed by atoms with Gasteiger partial charge in [0, 0.05) is 18.8 Å². The first-order chi connectivity index (χ1) is 12.6. The van der Waals surface area contributed by atoms with Crippen LogP contribution in [-0.2, 0) is 4.74 Å². The van der Waals surface area contributed by atoms with Gasteiger partial charge in [0.1, 0.15) is 6.61 Å². The lowest BCUT2D eigenvalue weighted by Gasteiger charge is -2.25. The van der Waals surface area contributed by atoms with E-state index in [2.05, 4.69) is 42.8 Å². The molecule has 0 unspecified atom stereocenters. The van der Waals surface area contributed by atoms with Gasteiger partial charge in [-0.25, -0.2) is 4.79 Å². The number of anilines is 1. The molecule has 0 aliphatic rings. The van der Waals surface area contributed by atoms with Crippen molar-refractivity contribution in [1.29, 1.82) is 0 Å². The van der Waals surface area contributed by atoms with Crippen LogP contribution >= 0.6 is 0 Å². The number of carbonyl (C=O) groups is 1. The van der Waals surface area contributed by atoms with E-state index in [-0.39, 0.29) is 18.6 Å². The molecule has 26 heavy (non-hydrogen) atoms. The molecule has 148 valence electrons. The Morgan fingerprint density at radius 3 is 2.12 bits per heavy atom. The van der Waals surface area contributed by atoms with Crippen LogP contribution < -0.4 is 5.32 Å². The van der Waals surface area contributed by atoms with Crippen LogP contribution in [0.1, 0.15) is 38.1 Å². The molecule has 1 aromatic rings. The van der Waals surface area contributed by atoms with Gasteiger partial charge in [-0.1, -0.05) is 27.7 Å². The van der Waals surface area contributed by atoms with Gasteiger partial charge < -0.3 is 25.0 Å². The van der Waals surface area contributed by atoms with E-state index in [9.17, 15) is 9.90 Å². The second-order valence-corrected chi connectivity index (χ2v) is 6.25. The number of esters is 1. The Kier molecular flexibility index (Phi) is 10.9. The van der Waals surface area contributed by atoms with E-state index < -0.39 is 0 Å². The summed E-state index contributed by atoms with van der Waals surface area (Å²) < 4.78 is 5.34. The van der Waals surface area contributed by atoms with Crippen LogP contribution in [0.3, 0.4) is 0 Å². The first kappa shape index (κ1) is 22.4. The fraction of sp³-hybridized carbons (Fsp3) is 0.650. The molecule has 0 amide bonds. The molecule has 6 nitrogen and oxygen atoms in total. The Balaban J connectivity index is 2.52. The zero-order valence-electron chi connectivity index (χ0n) is 16.7. The second kappa shape index (κ2) is 12.7. The predicted molar refractivity (Wildman–Crippen MR) is 107 cm³/mol. The third-order valence-electron chi connectivity index (χ3n) is 4.62. The number of hydrogen-bond donors (Lipinski definition) is 2. The molecular weight excluding hydrogens is 330 g/mol. The summed E-state index contributed by atoms with van der Waals surface area (Å²) in [4.78, 5) is 16.6. The van der Waals surface area contributed by atoms with Crippen molar-refractivity contribution in [3.8, 4) is 0 Å². The molecule has 0 aliphatic heterocycles. The maximum absolute atomic E-state index is 12.1. The number of hydrogen-bond acceptors (Lipinski definition) is 6. The minimum Gasteiger partial charge on any atom is -0.461 e. The molecule has 0 spiro atoms. The van der Waals surface area contributed by atoms with E-state index in [1.165, 1.54) is 0 Å². The molecule has 0 saturated heterocycles. The minimum atomic E-state index is -0.300. The maximum atomic E-state index is 12.1. The summed E-state index contributed by atoms with van der Waals surface area (Å²) in [6.45, 7) is 14.2. The van der Waals surface area contributed by atoms with Crippen LogP contribution in [0.15, 0.2) is 24.3 Å². The lowest BCUT2D eigenvalue weighted by Crippen LogP contribution is -2.38. The van der Waals surface area contributed by atoms with Gasteiger partial charge in [0.25, 0.3) is 0 Å². The van der Waals surface area contributed by atoms with Crippen molar-refractivity contribution < 1.29 is 14.6 Å². The molecule has 1 rings (SSSR count). The average Bonchev–Trinajstić information content (AvgIpc) is 2.68. The quantitative estimate of drug-likeness (QED) is 0.523. The summed E-state index contributed by atoms with van der Waals surface area (Å²) in [5.74, 6) is -0.300. The van der Waals surface area contributed by atoms with Crippen molar-refractivity contribution in [3.05, 3.63) is 29.8 Å². The van der Waals surface area contributed by atoms with Crippen molar-refractivity contribution in [2.45, 2.75) is 33.7 Å². The van der Waals surface area contributed by atoms with E-state index in [0.717, 1.165) is 45.0 Å². The van der Waals surface area contributed by atoms with E-state index >= 15 is 0 Å². The van der Waals surface area contributed by atoms with Gasteiger partial charge in [-0.2, -0.15) is 0 Å². The Bertz CT molecular complexity index is 500. The zero-order chi connectivity index (χ0) is 19.4. The number of rotatable bonds is 13. The third kappa shape index (κ3) is 7.72. The second-order valence-electron chi connectivity index (χ2n) is 6.25. The van der Waals surface area contributed by atoms with Crippen molar-refractivity contribution in [2.75, 3.05) is 57.8 Å². The SMILES string of the molecule is CCN(CC)CCOC(=O)c1ccc(N[C@@H](CO)CN(CC)CC)cc1. The first-order valence-electron chi connectivity index (χ1n) is 9.67. The Morgan fingerprint density at radius 2 is 1.62 bits per heavy atom. The summed E-state index contributed by atoms with van der Waals surface area (Å²) in [7, 11) is 0. The normalized spacial score (nSPS) is 12.4. The van der Waals surface area contributed by atoms with Crippen molar-refractivity contribution in [1.82, 2.24) is 9.80 Å². The molecule has 1 atom stereocenters. The fourth-order valence-corrected chi connectivity index (χ4v) is 2.77. The standard InChI is InChI=1S/C20H35N3O3/c1-5-22(6-2)13-14-26-20(25)17-9-11-18(12-10-17)21-19(16-24)15-23(7-3)8-4/h9-12,19,21,24H,5-8,13-16H2,1-4H3/t19-/m1/s1. The summed E-state index contributed by atoms with van der Waals surface area (Å²) in [6.07, 6.45) is 0. The minimum absolute atomic E-state index is 0.0400. The highest BCUT2D eigenvalue weighted by Crippen LogP contribution is 2.12. The molecule has 2 N–H and O–H groups in total. The number of likely N-dealkylation sites (N-methyl/N-ethyl adjacent to an activating group) is 2. The van der Waals surface area contributed by atoms with E-state index in [4.69, 9.17) is 4.74 Å². The molecule has 0 bridgehead atoms. The van der Waals surface area contributed by atoms with Crippen LogP contribution in [0.5, 0.6) is 0 Å². The van der Waals surface area contributed by atoms with Gasteiger partial charge in [-0.05, 0) is 50.4 Å². The fourth-order valence-electron chi connectivity index (χ4n) is 2.77. The van der Waals surface area contributed by atoms with Gasteiger partial charge in [0.15, 0.2) is 0 Å². The number of benzene rings is 1. The predicted octanol–water partition coefficient (Wildman–Crippen LogP) is 2.30. The lowest BCUT2D eigenvalue weighted by atomic mass is 10.2. The molecule has 0 aromatic heterocycles. The van der Waals surface area contributed by atoms with Crippen LogP contribution in [-0.4, -0.2) is 79.4 Å². The summed E-state index contributed by atoms with van der Waals surface area (Å²) in [5, 5.41) is 12.9. The van der Waals surface area contributed by atoms with Crippen molar-refractivity contribution >= 4 is 11.7 Å². The van der Waals surface area contributed by atoms with Gasteiger partial charge >= 0.3 is 5.97 Å². The molecule has 0 fully saturated rings. The number of aliphatic hydroxyl groups excluding tert-OH is 1. The van der Waals surface area contributed by atoms with Gasteiger partial charge in [-0.15, -0.1) is 0 Å². The summed E-state index contributed by atoms with van der Waals surface area (Å²) in [5.41, 5.74) is 1.43. The molecule has 0 radical (unpaired) electrons. The zero-order valence-corrected chi connectivity index (χ0v) is 16.7. The number of ether oxygens (including phenoxy) is 1. The largest absolute Gasteiger partial charge is 0.461 e. The molecule has 0 aliphatic carbocycles. The molecular formula is C20H35N3O3. The highest BCUT2D eigenvalue weighted by Gasteiger charge is 2.12. The Labute approximate surface area is 158 Å². The van der Waals surface area contributed by atoms with Crippen molar-refractivity contribution in [2.24, 2.45) is 0 Å². The van der Waals surface area contributed by atoms with Crippen molar-refractivity contribution in [3.63, 3.8) is 0 Å². The number of nitrogens with one attached hydrogen (secondary N) is 1. The van der Waals surface area contributed by atoms with Gasteiger partial charge in [0.05, 0.1) is 18.2 Å². The van der Waals surface area contributed by atoms with E-state index in [1.807, 2.05) is 12.1 Å². The van der Waals surface area contributed by atoms with Gasteiger partial charge in [-0.3, -0.25) is 0 Å². The molecule has 6 heteroatoms. The monoisotopic (exact) mass is 365 g/mol. The molecule has 0 saturated carbocycles. The molecule has 0 heterocycles. The topological polar surface area (TPSA) is 65.0 Å². The summed E-state index contributed by atoms with van der Waals surface area (Å²) >= 11 is 0. The van der Waals surface area contributed by atoms with Crippen LogP contribution in [0.25, 0.3) is 0 Å². The van der Waals surface area contributed by atoms with E-state index in [0.29, 0.717) is 12.2 Å². The highest BCUT2D eigenvalue weighted by molar-refractivity contribution is 5.89. The number of nitrogens with zero attached hydrogens (tertiary/aromatic N) is 2. The van der Waals surface area contributed by atoms with Gasteiger partial charge in [0.2, 0.25) is 0 Å². The first-order valence-corrected chi connectivity index (χ1v) is 9.67. The Hall–Kier alpha value is -1.63. The lowest BCUT2D eigenvalue weighted by molar-refractivity contribution is 0.0466. The smallest absolute Gasteiger partial charge is 0.338 e. The van der Waals surface area contributed by atoms with Crippen LogP contribution in [0.4, 0.5) is 5.69 Å². The summed E-state index contributed by atoms with van der Waals surface area (Å²) in [6, 6.07) is 7.18. The highest BCUT2D eigenvalue weighted by atomic mass is 16.5. The number of carbonyl (C=O) groups excluding carboxylic acids is 1. The number of aliphatic hydroxyl groups is 1. The van der Waals surface area contributed by atoms with E-state index in [1.54, 1.807) is 12.1 Å². The molecule has 1 aromatic carbocycles. The Morgan fingerprint density at radius 1 is 1.04 bits per heavy atom. The third-order valence-corrected chi connectivity index (χ3v) is 4.62. The maximum Gasteiger partial charge on any atom is 0.338 e. The van der Waals surface area contributed by atoms with Crippen LogP contribution in [0, 0.1) is 0 Å². The average molecular weight is 366 g/mol.